The van der Waals surface area contributed by atoms with Crippen LogP contribution in [0.15, 0.2) is 60.7 Å². The maximum atomic E-state index is 13.0. The standard InChI is InChI=1S/C24H22FN3OS/c1-26-20-14-15-28(16-20)21-9-7-19(8-10-21)27-24(29)23-13-12-22(30-23)11-4-17-2-5-18(25)6-3-17/h2-3,5-10,12-13,20,26H,14-16H2,1H3,(H,27,29). The molecule has 0 spiro atoms. The van der Waals surface area contributed by atoms with Crippen LogP contribution in [0.5, 0.6) is 0 Å². The molecule has 1 fully saturated rings. The normalized spacial score (nSPS) is 15.5. The number of nitrogens with zero attached hydrogens (tertiary/aromatic N) is 1. The molecule has 1 saturated heterocycles. The zero-order chi connectivity index (χ0) is 20.9. The number of hydrogen-bond donors (Lipinski definition) is 2. The lowest BCUT2D eigenvalue weighted by Gasteiger charge is -2.19. The minimum absolute atomic E-state index is 0.154. The highest BCUT2D eigenvalue weighted by atomic mass is 32.1. The van der Waals surface area contributed by atoms with E-state index in [0.29, 0.717) is 10.9 Å². The Morgan fingerprint density at radius 2 is 1.83 bits per heavy atom. The van der Waals surface area contributed by atoms with Crippen LogP contribution >= 0.6 is 11.3 Å². The van der Waals surface area contributed by atoms with Crippen molar-refractivity contribution in [1.82, 2.24) is 5.32 Å². The molecular weight excluding hydrogens is 397 g/mol. The predicted molar refractivity (Wildman–Crippen MR) is 121 cm³/mol. The number of hydrogen-bond acceptors (Lipinski definition) is 4. The lowest BCUT2D eigenvalue weighted by molar-refractivity contribution is 0.103. The number of amides is 1. The zero-order valence-electron chi connectivity index (χ0n) is 16.6. The zero-order valence-corrected chi connectivity index (χ0v) is 17.4. The third kappa shape index (κ3) is 4.88. The number of rotatable bonds is 4. The highest BCUT2D eigenvalue weighted by Gasteiger charge is 2.21. The van der Waals surface area contributed by atoms with Crippen molar-refractivity contribution in [3.63, 3.8) is 0 Å². The minimum Gasteiger partial charge on any atom is -0.370 e. The molecule has 0 bridgehead atoms. The summed E-state index contributed by atoms with van der Waals surface area (Å²) in [5.41, 5.74) is 2.66. The van der Waals surface area contributed by atoms with E-state index in [0.717, 1.165) is 35.6 Å². The van der Waals surface area contributed by atoms with Gasteiger partial charge in [0.2, 0.25) is 0 Å². The molecule has 0 aliphatic carbocycles. The molecule has 0 saturated carbocycles. The Kier molecular flexibility index (Phi) is 6.12. The number of likely N-dealkylation sites (N-methyl/N-ethyl adjacent to an activating group) is 1. The van der Waals surface area contributed by atoms with Crippen LogP contribution in [0.2, 0.25) is 0 Å². The van der Waals surface area contributed by atoms with E-state index in [-0.39, 0.29) is 11.7 Å². The van der Waals surface area contributed by atoms with Gasteiger partial charge in [0.05, 0.1) is 9.75 Å². The largest absolute Gasteiger partial charge is 0.370 e. The molecule has 4 nitrogen and oxygen atoms in total. The summed E-state index contributed by atoms with van der Waals surface area (Å²) in [7, 11) is 2.00. The van der Waals surface area contributed by atoms with Crippen LogP contribution in [-0.2, 0) is 0 Å². The van der Waals surface area contributed by atoms with Gasteiger partial charge in [0.25, 0.3) is 5.91 Å². The van der Waals surface area contributed by atoms with Gasteiger partial charge in [0.15, 0.2) is 0 Å². The van der Waals surface area contributed by atoms with Gasteiger partial charge in [-0.2, -0.15) is 0 Å². The molecule has 1 aromatic heterocycles. The van der Waals surface area contributed by atoms with Crippen molar-refractivity contribution in [3.05, 3.63) is 81.8 Å². The van der Waals surface area contributed by atoms with Crippen molar-refractivity contribution in [3.8, 4) is 11.8 Å². The van der Waals surface area contributed by atoms with Gasteiger partial charge < -0.3 is 15.5 Å². The second-order valence-corrected chi connectivity index (χ2v) is 8.23. The molecule has 0 radical (unpaired) electrons. The van der Waals surface area contributed by atoms with E-state index >= 15 is 0 Å². The molecule has 1 aliphatic rings. The third-order valence-electron chi connectivity index (χ3n) is 5.09. The van der Waals surface area contributed by atoms with E-state index in [1.165, 1.54) is 29.2 Å². The van der Waals surface area contributed by atoms with E-state index in [4.69, 9.17) is 0 Å². The van der Waals surface area contributed by atoms with E-state index in [1.54, 1.807) is 18.2 Å². The Labute approximate surface area is 179 Å². The Hall–Kier alpha value is -3.14. The maximum Gasteiger partial charge on any atom is 0.265 e. The van der Waals surface area contributed by atoms with Gasteiger partial charge >= 0.3 is 0 Å². The van der Waals surface area contributed by atoms with Crippen molar-refractivity contribution in [1.29, 1.82) is 0 Å². The molecule has 1 aliphatic heterocycles. The lowest BCUT2D eigenvalue weighted by atomic mass is 10.2. The number of halogens is 1. The highest BCUT2D eigenvalue weighted by Crippen LogP contribution is 2.23. The molecule has 1 unspecified atom stereocenters. The van der Waals surface area contributed by atoms with Gasteiger partial charge in [-0.15, -0.1) is 11.3 Å². The fourth-order valence-electron chi connectivity index (χ4n) is 3.37. The monoisotopic (exact) mass is 419 g/mol. The molecule has 2 heterocycles. The average Bonchev–Trinajstić information content (AvgIpc) is 3.44. The molecule has 3 aromatic rings. The van der Waals surface area contributed by atoms with Crippen molar-refractivity contribution in [2.75, 3.05) is 30.4 Å². The van der Waals surface area contributed by atoms with Gasteiger partial charge in [-0.3, -0.25) is 4.79 Å². The van der Waals surface area contributed by atoms with Crippen LogP contribution in [0, 0.1) is 17.7 Å². The average molecular weight is 420 g/mol. The van der Waals surface area contributed by atoms with Gasteiger partial charge in [-0.25, -0.2) is 4.39 Å². The van der Waals surface area contributed by atoms with Crippen LogP contribution in [0.3, 0.4) is 0 Å². The second kappa shape index (κ2) is 9.12. The molecule has 2 N–H and O–H groups in total. The minimum atomic E-state index is -0.286. The summed E-state index contributed by atoms with van der Waals surface area (Å²) in [6.07, 6.45) is 1.14. The van der Waals surface area contributed by atoms with Crippen LogP contribution in [-0.4, -0.2) is 32.1 Å². The molecule has 1 amide bonds. The van der Waals surface area contributed by atoms with E-state index in [1.807, 2.05) is 37.4 Å². The van der Waals surface area contributed by atoms with E-state index < -0.39 is 0 Å². The Morgan fingerprint density at radius 1 is 1.07 bits per heavy atom. The first-order valence-electron chi connectivity index (χ1n) is 9.82. The van der Waals surface area contributed by atoms with Crippen LogP contribution in [0.1, 0.15) is 26.5 Å². The number of nitrogens with one attached hydrogen (secondary N) is 2. The first kappa shape index (κ1) is 20.1. The first-order chi connectivity index (χ1) is 14.6. The smallest absolute Gasteiger partial charge is 0.265 e. The SMILES string of the molecule is CNC1CCN(c2ccc(NC(=O)c3ccc(C#Cc4ccc(F)cc4)s3)cc2)C1. The lowest BCUT2D eigenvalue weighted by Crippen LogP contribution is -2.29. The van der Waals surface area contributed by atoms with Crippen LogP contribution < -0.4 is 15.5 Å². The van der Waals surface area contributed by atoms with Crippen LogP contribution in [0.25, 0.3) is 0 Å². The Balaban J connectivity index is 1.37. The van der Waals surface area contributed by atoms with Gasteiger partial charge in [0, 0.05) is 36.1 Å². The highest BCUT2D eigenvalue weighted by molar-refractivity contribution is 7.14. The molecular formula is C24H22FN3OS. The number of carbonyl (C=O) groups excluding carboxylic acids is 1. The molecule has 2 aromatic carbocycles. The Morgan fingerprint density at radius 3 is 2.53 bits per heavy atom. The summed E-state index contributed by atoms with van der Waals surface area (Å²) in [5, 5.41) is 6.26. The number of thiophene rings is 1. The van der Waals surface area contributed by atoms with Crippen molar-refractivity contribution >= 4 is 28.6 Å². The summed E-state index contributed by atoms with van der Waals surface area (Å²) in [6, 6.07) is 18.1. The summed E-state index contributed by atoms with van der Waals surface area (Å²) in [6.45, 7) is 2.03. The summed E-state index contributed by atoms with van der Waals surface area (Å²) < 4.78 is 13.0. The fourth-order valence-corrected chi connectivity index (χ4v) is 4.13. The molecule has 6 heteroatoms. The molecule has 30 heavy (non-hydrogen) atoms. The Bertz CT molecular complexity index is 1080. The predicted octanol–water partition coefficient (Wildman–Crippen LogP) is 4.34. The number of benzene rings is 2. The van der Waals surface area contributed by atoms with Crippen molar-refractivity contribution < 1.29 is 9.18 Å². The van der Waals surface area contributed by atoms with Crippen LogP contribution in [0.4, 0.5) is 15.8 Å². The first-order valence-corrected chi connectivity index (χ1v) is 10.6. The van der Waals surface area contributed by atoms with E-state index in [2.05, 4.69) is 27.4 Å². The quantitative estimate of drug-likeness (QED) is 0.619. The summed E-state index contributed by atoms with van der Waals surface area (Å²) in [5.74, 6) is 5.57. The van der Waals surface area contributed by atoms with Crippen molar-refractivity contribution in [2.24, 2.45) is 0 Å². The molecule has 1 atom stereocenters. The van der Waals surface area contributed by atoms with E-state index in [9.17, 15) is 9.18 Å². The maximum absolute atomic E-state index is 13.0. The van der Waals surface area contributed by atoms with Gasteiger partial charge in [-0.1, -0.05) is 11.8 Å². The number of anilines is 2. The molecule has 152 valence electrons. The summed E-state index contributed by atoms with van der Waals surface area (Å²) >= 11 is 1.33. The fraction of sp³-hybridized carbons (Fsp3) is 0.208. The summed E-state index contributed by atoms with van der Waals surface area (Å²) in [4.78, 5) is 16.3. The van der Waals surface area contributed by atoms with Crippen molar-refractivity contribution in [2.45, 2.75) is 12.5 Å². The van der Waals surface area contributed by atoms with Gasteiger partial charge in [-0.05, 0) is 74.1 Å². The second-order valence-electron chi connectivity index (χ2n) is 7.14. The topological polar surface area (TPSA) is 44.4 Å². The molecule has 4 rings (SSSR count). The van der Waals surface area contributed by atoms with Gasteiger partial charge in [0.1, 0.15) is 5.82 Å². The third-order valence-corrected chi connectivity index (χ3v) is 6.09. The number of carbonyl (C=O) groups is 1.